The van der Waals surface area contributed by atoms with Crippen LogP contribution in [0.3, 0.4) is 0 Å². The lowest BCUT2D eigenvalue weighted by atomic mass is 9.87. The highest BCUT2D eigenvalue weighted by Crippen LogP contribution is 2.34. The van der Waals surface area contributed by atoms with Gasteiger partial charge in [0.2, 0.25) is 5.91 Å². The lowest BCUT2D eigenvalue weighted by Gasteiger charge is -2.37. The van der Waals surface area contributed by atoms with Gasteiger partial charge in [-0.1, -0.05) is 39.0 Å². The third kappa shape index (κ3) is 7.80. The first-order chi connectivity index (χ1) is 18.0. The second-order valence-electron chi connectivity index (χ2n) is 13.3. The lowest BCUT2D eigenvalue weighted by Crippen LogP contribution is -2.54. The minimum absolute atomic E-state index is 0.0846. The SMILES string of the molecule is CC(C)(C)NC(=O)C(c1cccnc1)N(C(=O)[C@@H]1CCCN1C(=O)OC(C)(C)C)c1ccc(C(C)(C)C)cc1. The van der Waals surface area contributed by atoms with Gasteiger partial charge in [0.1, 0.15) is 17.7 Å². The van der Waals surface area contributed by atoms with Crippen molar-refractivity contribution in [1.82, 2.24) is 15.2 Å². The van der Waals surface area contributed by atoms with Crippen molar-refractivity contribution in [3.8, 4) is 0 Å². The van der Waals surface area contributed by atoms with Gasteiger partial charge in [-0.3, -0.25) is 24.4 Å². The van der Waals surface area contributed by atoms with Crippen LogP contribution in [0.2, 0.25) is 0 Å². The molecule has 1 aliphatic heterocycles. The average molecular weight is 537 g/mol. The number of nitrogens with zero attached hydrogens (tertiary/aromatic N) is 3. The van der Waals surface area contributed by atoms with Gasteiger partial charge in [0.15, 0.2) is 0 Å². The molecule has 2 aromatic rings. The van der Waals surface area contributed by atoms with Crippen LogP contribution in [0.15, 0.2) is 48.8 Å². The largest absolute Gasteiger partial charge is 0.444 e. The number of nitrogens with one attached hydrogen (secondary N) is 1. The molecule has 1 aliphatic rings. The molecule has 1 fully saturated rings. The summed E-state index contributed by atoms with van der Waals surface area (Å²) in [6.45, 7) is 17.9. The van der Waals surface area contributed by atoms with E-state index in [-0.39, 0.29) is 17.2 Å². The number of likely N-dealkylation sites (tertiary alicyclic amines) is 1. The third-order valence-corrected chi connectivity index (χ3v) is 6.42. The number of anilines is 1. The molecule has 3 rings (SSSR count). The van der Waals surface area contributed by atoms with Crippen LogP contribution >= 0.6 is 0 Å². The molecule has 3 amide bonds. The van der Waals surface area contributed by atoms with Gasteiger partial charge in [-0.25, -0.2) is 4.79 Å². The van der Waals surface area contributed by atoms with Gasteiger partial charge in [-0.05, 0) is 83.6 Å². The summed E-state index contributed by atoms with van der Waals surface area (Å²) in [6.07, 6.45) is 3.86. The van der Waals surface area contributed by atoms with Crippen molar-refractivity contribution in [3.63, 3.8) is 0 Å². The van der Waals surface area contributed by atoms with Crippen molar-refractivity contribution in [2.24, 2.45) is 0 Å². The maximum atomic E-state index is 14.5. The highest BCUT2D eigenvalue weighted by Gasteiger charge is 2.43. The van der Waals surface area contributed by atoms with Crippen LogP contribution < -0.4 is 10.2 Å². The highest BCUT2D eigenvalue weighted by molar-refractivity contribution is 6.04. The van der Waals surface area contributed by atoms with Crippen molar-refractivity contribution in [2.45, 2.75) is 104 Å². The molecule has 1 aromatic carbocycles. The topological polar surface area (TPSA) is 91.8 Å². The van der Waals surface area contributed by atoms with Gasteiger partial charge in [0, 0.05) is 35.7 Å². The van der Waals surface area contributed by atoms with Gasteiger partial charge in [0.25, 0.3) is 5.91 Å². The standard InChI is InChI=1S/C31H44N4O4/c1-29(2,3)22-14-16-23(17-15-22)35(25(21-12-10-18-32-20-21)26(36)33-30(4,5)6)27(37)24-13-11-19-34(24)28(38)39-31(7,8)9/h10,12,14-18,20,24-25H,11,13,19H2,1-9H3,(H,33,36)/t24-,25?/m0/s1. The molecule has 0 spiro atoms. The maximum absolute atomic E-state index is 14.5. The minimum atomic E-state index is -0.994. The van der Waals surface area contributed by atoms with Crippen LogP contribution in [0.1, 0.15) is 92.3 Å². The summed E-state index contributed by atoms with van der Waals surface area (Å²) >= 11 is 0. The minimum Gasteiger partial charge on any atom is -0.444 e. The summed E-state index contributed by atoms with van der Waals surface area (Å²) in [5.74, 6) is -0.662. The molecule has 212 valence electrons. The number of aromatic nitrogens is 1. The molecule has 39 heavy (non-hydrogen) atoms. The predicted molar refractivity (Wildman–Crippen MR) is 153 cm³/mol. The number of rotatable bonds is 5. The Balaban J connectivity index is 2.14. The number of benzene rings is 1. The number of amides is 3. The zero-order valence-corrected chi connectivity index (χ0v) is 24.9. The number of carbonyl (C=O) groups is 3. The Morgan fingerprint density at radius 2 is 1.64 bits per heavy atom. The molecule has 0 bridgehead atoms. The van der Waals surface area contributed by atoms with E-state index in [1.165, 1.54) is 9.80 Å². The average Bonchev–Trinajstić information content (AvgIpc) is 3.30. The fourth-order valence-corrected chi connectivity index (χ4v) is 4.64. The molecule has 8 nitrogen and oxygen atoms in total. The first-order valence-electron chi connectivity index (χ1n) is 13.6. The summed E-state index contributed by atoms with van der Waals surface area (Å²) in [6, 6.07) is 9.51. The van der Waals surface area contributed by atoms with E-state index >= 15 is 0 Å². The highest BCUT2D eigenvalue weighted by atomic mass is 16.6. The number of hydrogen-bond donors (Lipinski definition) is 1. The van der Waals surface area contributed by atoms with Crippen LogP contribution in [0, 0.1) is 0 Å². The first kappa shape index (κ1) is 30.1. The molecule has 0 saturated carbocycles. The Kier molecular flexibility index (Phi) is 8.78. The van der Waals surface area contributed by atoms with Gasteiger partial charge in [0.05, 0.1) is 0 Å². The third-order valence-electron chi connectivity index (χ3n) is 6.42. The van der Waals surface area contributed by atoms with Crippen molar-refractivity contribution in [3.05, 3.63) is 59.9 Å². The van der Waals surface area contributed by atoms with Gasteiger partial charge in [-0.15, -0.1) is 0 Å². The zero-order chi connectivity index (χ0) is 29.2. The maximum Gasteiger partial charge on any atom is 0.410 e. The monoisotopic (exact) mass is 536 g/mol. The summed E-state index contributed by atoms with van der Waals surface area (Å²) in [5, 5.41) is 3.05. The molecule has 1 unspecified atom stereocenters. The van der Waals surface area contributed by atoms with E-state index in [1.54, 1.807) is 45.3 Å². The van der Waals surface area contributed by atoms with E-state index in [0.717, 1.165) is 5.56 Å². The normalized spacial score (nSPS) is 16.9. The second kappa shape index (κ2) is 11.4. The summed E-state index contributed by atoms with van der Waals surface area (Å²) in [7, 11) is 0. The molecule has 8 heteroatoms. The number of ether oxygens (including phenoxy) is 1. The summed E-state index contributed by atoms with van der Waals surface area (Å²) < 4.78 is 5.63. The molecule has 2 atom stereocenters. The first-order valence-corrected chi connectivity index (χ1v) is 13.6. The Hall–Kier alpha value is -3.42. The molecule has 1 N–H and O–H groups in total. The van der Waals surface area contributed by atoms with E-state index in [0.29, 0.717) is 30.6 Å². The summed E-state index contributed by atoms with van der Waals surface area (Å²) in [5.41, 5.74) is 0.945. The zero-order valence-electron chi connectivity index (χ0n) is 24.9. The lowest BCUT2D eigenvalue weighted by molar-refractivity contribution is -0.129. The van der Waals surface area contributed by atoms with Crippen LogP contribution in [0.25, 0.3) is 0 Å². The summed E-state index contributed by atoms with van der Waals surface area (Å²) in [4.78, 5) is 48.7. The predicted octanol–water partition coefficient (Wildman–Crippen LogP) is 5.77. The molecular weight excluding hydrogens is 492 g/mol. The van der Waals surface area contributed by atoms with Crippen LogP contribution in [0.5, 0.6) is 0 Å². The van der Waals surface area contributed by atoms with Crippen LogP contribution in [-0.2, 0) is 19.7 Å². The Morgan fingerprint density at radius 1 is 1.00 bits per heavy atom. The van der Waals surface area contributed by atoms with E-state index < -0.39 is 29.3 Å². The smallest absolute Gasteiger partial charge is 0.410 e. The van der Waals surface area contributed by atoms with E-state index in [2.05, 4.69) is 31.1 Å². The molecule has 1 saturated heterocycles. The Morgan fingerprint density at radius 3 is 2.15 bits per heavy atom. The van der Waals surface area contributed by atoms with E-state index in [9.17, 15) is 14.4 Å². The second-order valence-corrected chi connectivity index (χ2v) is 13.3. The van der Waals surface area contributed by atoms with Crippen molar-refractivity contribution in [2.75, 3.05) is 11.4 Å². The quantitative estimate of drug-likeness (QED) is 0.524. The Labute approximate surface area is 233 Å². The fourth-order valence-electron chi connectivity index (χ4n) is 4.64. The molecule has 2 heterocycles. The van der Waals surface area contributed by atoms with Crippen LogP contribution in [-0.4, -0.2) is 51.5 Å². The van der Waals surface area contributed by atoms with Crippen LogP contribution in [0.4, 0.5) is 10.5 Å². The van der Waals surface area contributed by atoms with Gasteiger partial charge >= 0.3 is 6.09 Å². The van der Waals surface area contributed by atoms with Gasteiger partial charge < -0.3 is 10.1 Å². The van der Waals surface area contributed by atoms with Crippen molar-refractivity contribution in [1.29, 1.82) is 0 Å². The molecular formula is C31H44N4O4. The van der Waals surface area contributed by atoms with E-state index in [4.69, 9.17) is 4.74 Å². The van der Waals surface area contributed by atoms with Crippen molar-refractivity contribution >= 4 is 23.6 Å². The van der Waals surface area contributed by atoms with Crippen molar-refractivity contribution < 1.29 is 19.1 Å². The fraction of sp³-hybridized carbons (Fsp3) is 0.548. The van der Waals surface area contributed by atoms with Gasteiger partial charge in [-0.2, -0.15) is 0 Å². The molecule has 0 aliphatic carbocycles. The molecule has 1 aromatic heterocycles. The molecule has 0 radical (unpaired) electrons. The number of pyridine rings is 1. The van der Waals surface area contributed by atoms with E-state index in [1.807, 2.05) is 45.0 Å². The number of hydrogen-bond acceptors (Lipinski definition) is 5. The Bertz CT molecular complexity index is 1160. The number of carbonyl (C=O) groups excluding carboxylic acids is 3.